The zero-order chi connectivity index (χ0) is 16.1. The molecule has 0 unspecified atom stereocenters. The largest absolute Gasteiger partial charge is 0.496 e. The molecule has 0 fully saturated rings. The van der Waals surface area contributed by atoms with E-state index in [0.29, 0.717) is 5.89 Å². The van der Waals surface area contributed by atoms with Gasteiger partial charge in [-0.1, -0.05) is 37.2 Å². The Morgan fingerprint density at radius 3 is 2.55 bits per heavy atom. The van der Waals surface area contributed by atoms with Crippen LogP contribution in [0.25, 0.3) is 0 Å². The van der Waals surface area contributed by atoms with Gasteiger partial charge < -0.3 is 14.6 Å². The molecule has 2 atom stereocenters. The van der Waals surface area contributed by atoms with Crippen molar-refractivity contribution in [2.75, 3.05) is 7.11 Å². The Kier molecular flexibility index (Phi) is 5.55. The molecule has 5 nitrogen and oxygen atoms in total. The predicted molar refractivity (Wildman–Crippen MR) is 86.1 cm³/mol. The van der Waals surface area contributed by atoms with Crippen LogP contribution in [0.15, 0.2) is 28.8 Å². The molecule has 0 aliphatic rings. The van der Waals surface area contributed by atoms with Crippen LogP contribution in [0, 0.1) is 0 Å². The summed E-state index contributed by atoms with van der Waals surface area (Å²) in [6.07, 6.45) is 0.875. The van der Waals surface area contributed by atoms with Crippen molar-refractivity contribution in [3.05, 3.63) is 41.5 Å². The van der Waals surface area contributed by atoms with Crippen LogP contribution in [0.5, 0.6) is 5.75 Å². The van der Waals surface area contributed by atoms with Crippen LogP contribution in [-0.2, 0) is 6.42 Å². The third kappa shape index (κ3) is 4.07. The summed E-state index contributed by atoms with van der Waals surface area (Å²) in [7, 11) is 1.70. The Morgan fingerprint density at radius 1 is 1.18 bits per heavy atom. The average molecular weight is 303 g/mol. The molecule has 0 radical (unpaired) electrons. The Hall–Kier alpha value is -1.88. The van der Waals surface area contributed by atoms with Crippen molar-refractivity contribution < 1.29 is 9.26 Å². The molecule has 0 aliphatic carbocycles. The van der Waals surface area contributed by atoms with Crippen molar-refractivity contribution in [3.8, 4) is 5.75 Å². The SMILES string of the molecule is COc1ccccc1C[C@H](C)N[C@@H](C)c1nc(C(C)C)no1. The van der Waals surface area contributed by atoms with Crippen LogP contribution < -0.4 is 10.1 Å². The van der Waals surface area contributed by atoms with E-state index in [-0.39, 0.29) is 18.0 Å². The minimum absolute atomic E-state index is 0.0182. The summed E-state index contributed by atoms with van der Waals surface area (Å²) in [4.78, 5) is 4.44. The van der Waals surface area contributed by atoms with Crippen molar-refractivity contribution in [1.82, 2.24) is 15.5 Å². The molecular weight excluding hydrogens is 278 g/mol. The van der Waals surface area contributed by atoms with E-state index >= 15 is 0 Å². The summed E-state index contributed by atoms with van der Waals surface area (Å²) in [6.45, 7) is 8.28. The number of nitrogens with zero attached hydrogens (tertiary/aromatic N) is 2. The highest BCUT2D eigenvalue weighted by Gasteiger charge is 2.18. The zero-order valence-electron chi connectivity index (χ0n) is 14.0. The summed E-state index contributed by atoms with van der Waals surface area (Å²) in [5.41, 5.74) is 1.19. The van der Waals surface area contributed by atoms with Crippen molar-refractivity contribution in [2.45, 2.75) is 52.1 Å². The summed E-state index contributed by atoms with van der Waals surface area (Å²) in [6, 6.07) is 8.37. The van der Waals surface area contributed by atoms with Crippen molar-refractivity contribution >= 4 is 0 Å². The first-order valence-electron chi connectivity index (χ1n) is 7.72. The normalized spacial score (nSPS) is 14.1. The van der Waals surface area contributed by atoms with Crippen molar-refractivity contribution in [1.29, 1.82) is 0 Å². The number of nitrogens with one attached hydrogen (secondary N) is 1. The Bertz CT molecular complexity index is 595. The highest BCUT2D eigenvalue weighted by atomic mass is 16.5. The fourth-order valence-corrected chi connectivity index (χ4v) is 2.42. The number of rotatable bonds is 7. The highest BCUT2D eigenvalue weighted by molar-refractivity contribution is 5.33. The van der Waals surface area contributed by atoms with Gasteiger partial charge in [-0.3, -0.25) is 0 Å². The standard InChI is InChI=1S/C17H25N3O2/c1-11(2)16-19-17(22-20-16)13(4)18-12(3)10-14-8-6-7-9-15(14)21-5/h6-9,11-13,18H,10H2,1-5H3/t12-,13-/m0/s1. The van der Waals surface area contributed by atoms with Gasteiger partial charge in [0.2, 0.25) is 5.89 Å². The van der Waals surface area contributed by atoms with Crippen LogP contribution in [0.1, 0.15) is 56.9 Å². The lowest BCUT2D eigenvalue weighted by molar-refractivity contribution is 0.322. The number of aromatic nitrogens is 2. The van der Waals surface area contributed by atoms with E-state index in [2.05, 4.69) is 42.3 Å². The first-order valence-corrected chi connectivity index (χ1v) is 7.72. The second-order valence-corrected chi connectivity index (χ2v) is 5.95. The Balaban J connectivity index is 1.97. The van der Waals surface area contributed by atoms with E-state index in [9.17, 15) is 0 Å². The molecule has 1 aromatic carbocycles. The van der Waals surface area contributed by atoms with Gasteiger partial charge in [-0.25, -0.2) is 0 Å². The summed E-state index contributed by atoms with van der Waals surface area (Å²) >= 11 is 0. The third-order valence-corrected chi connectivity index (χ3v) is 3.60. The van der Waals surface area contributed by atoms with Crippen LogP contribution >= 0.6 is 0 Å². The second kappa shape index (κ2) is 7.40. The van der Waals surface area contributed by atoms with Crippen molar-refractivity contribution in [3.63, 3.8) is 0 Å². The van der Waals surface area contributed by atoms with E-state index in [0.717, 1.165) is 18.0 Å². The molecule has 2 rings (SSSR count). The lowest BCUT2D eigenvalue weighted by Gasteiger charge is -2.18. The molecule has 2 aromatic rings. The lowest BCUT2D eigenvalue weighted by atomic mass is 10.1. The monoisotopic (exact) mass is 303 g/mol. The molecule has 5 heteroatoms. The number of para-hydroxylation sites is 1. The fraction of sp³-hybridized carbons (Fsp3) is 0.529. The van der Waals surface area contributed by atoms with Gasteiger partial charge >= 0.3 is 0 Å². The van der Waals surface area contributed by atoms with Crippen LogP contribution in [0.4, 0.5) is 0 Å². The summed E-state index contributed by atoms with van der Waals surface area (Å²) < 4.78 is 10.7. The summed E-state index contributed by atoms with van der Waals surface area (Å²) in [5.74, 6) is 2.58. The van der Waals surface area contributed by atoms with Gasteiger partial charge in [0.05, 0.1) is 13.2 Å². The van der Waals surface area contributed by atoms with Gasteiger partial charge in [0, 0.05) is 12.0 Å². The number of ether oxygens (including phenoxy) is 1. The van der Waals surface area contributed by atoms with Gasteiger partial charge in [-0.2, -0.15) is 4.98 Å². The van der Waals surface area contributed by atoms with Crippen molar-refractivity contribution in [2.24, 2.45) is 0 Å². The minimum atomic E-state index is 0.0182. The Labute approximate surface area is 132 Å². The van der Waals surface area contributed by atoms with E-state index in [1.165, 1.54) is 5.56 Å². The molecule has 22 heavy (non-hydrogen) atoms. The third-order valence-electron chi connectivity index (χ3n) is 3.60. The maximum atomic E-state index is 5.40. The zero-order valence-corrected chi connectivity index (χ0v) is 14.0. The minimum Gasteiger partial charge on any atom is -0.496 e. The van der Waals surface area contributed by atoms with E-state index < -0.39 is 0 Å². The number of methoxy groups -OCH3 is 1. The fourth-order valence-electron chi connectivity index (χ4n) is 2.42. The predicted octanol–water partition coefficient (Wildman–Crippen LogP) is 3.48. The molecule has 0 aliphatic heterocycles. The molecule has 0 amide bonds. The molecule has 1 heterocycles. The molecule has 120 valence electrons. The van der Waals surface area contributed by atoms with Crippen LogP contribution in [0.3, 0.4) is 0 Å². The maximum absolute atomic E-state index is 5.40. The van der Waals surface area contributed by atoms with E-state index in [1.807, 2.05) is 25.1 Å². The van der Waals surface area contributed by atoms with Gasteiger partial charge in [0.15, 0.2) is 5.82 Å². The first-order chi connectivity index (χ1) is 10.5. The molecule has 1 N–H and O–H groups in total. The first kappa shape index (κ1) is 16.5. The van der Waals surface area contributed by atoms with E-state index in [4.69, 9.17) is 9.26 Å². The molecule has 0 spiro atoms. The van der Waals surface area contributed by atoms with Gasteiger partial charge in [-0.15, -0.1) is 0 Å². The second-order valence-electron chi connectivity index (χ2n) is 5.95. The molecule has 1 aromatic heterocycles. The quantitative estimate of drug-likeness (QED) is 0.848. The molecule has 0 bridgehead atoms. The highest BCUT2D eigenvalue weighted by Crippen LogP contribution is 2.20. The summed E-state index contributed by atoms with van der Waals surface area (Å²) in [5, 5.41) is 7.51. The van der Waals surface area contributed by atoms with Crippen LogP contribution in [0.2, 0.25) is 0 Å². The molecule has 0 saturated carbocycles. The van der Waals surface area contributed by atoms with Gasteiger partial charge in [-0.05, 0) is 31.9 Å². The Morgan fingerprint density at radius 2 is 1.91 bits per heavy atom. The van der Waals surface area contributed by atoms with Gasteiger partial charge in [0.25, 0.3) is 0 Å². The lowest BCUT2D eigenvalue weighted by Crippen LogP contribution is -2.31. The average Bonchev–Trinajstić information content (AvgIpc) is 2.98. The number of hydrogen-bond acceptors (Lipinski definition) is 5. The molecule has 0 saturated heterocycles. The number of hydrogen-bond donors (Lipinski definition) is 1. The smallest absolute Gasteiger partial charge is 0.243 e. The van der Waals surface area contributed by atoms with Gasteiger partial charge in [0.1, 0.15) is 5.75 Å². The maximum Gasteiger partial charge on any atom is 0.243 e. The van der Waals surface area contributed by atoms with Crippen LogP contribution in [-0.4, -0.2) is 23.3 Å². The molecular formula is C17H25N3O2. The topological polar surface area (TPSA) is 60.2 Å². The number of benzene rings is 1. The van der Waals surface area contributed by atoms with E-state index in [1.54, 1.807) is 7.11 Å².